The molecule has 1 aliphatic rings. The van der Waals surface area contributed by atoms with Crippen LogP contribution >= 0.6 is 0 Å². The summed E-state index contributed by atoms with van der Waals surface area (Å²) in [6.45, 7) is 0.409. The van der Waals surface area contributed by atoms with Crippen molar-refractivity contribution in [2.45, 2.75) is 45.1 Å². The maximum Gasteiger partial charge on any atom is 0.227 e. The number of amides is 2. The van der Waals surface area contributed by atoms with Crippen LogP contribution in [0.4, 0.5) is 5.69 Å². The minimum atomic E-state index is -0.0707. The second-order valence-corrected chi connectivity index (χ2v) is 7.08. The van der Waals surface area contributed by atoms with E-state index in [9.17, 15) is 14.7 Å². The van der Waals surface area contributed by atoms with Gasteiger partial charge in [-0.05, 0) is 48.6 Å². The van der Waals surface area contributed by atoms with Gasteiger partial charge in [0.05, 0.1) is 0 Å². The van der Waals surface area contributed by atoms with Crippen molar-refractivity contribution in [2.24, 2.45) is 5.92 Å². The molecule has 2 amide bonds. The smallest absolute Gasteiger partial charge is 0.227 e. The number of anilines is 1. The van der Waals surface area contributed by atoms with E-state index in [0.29, 0.717) is 19.4 Å². The summed E-state index contributed by atoms with van der Waals surface area (Å²) in [6, 6.07) is 14.6. The minimum absolute atomic E-state index is 0.0707. The number of aromatic hydroxyl groups is 1. The molecule has 0 atom stereocenters. The third-order valence-electron chi connectivity index (χ3n) is 5.02. The average molecular weight is 366 g/mol. The van der Waals surface area contributed by atoms with Crippen LogP contribution in [0.15, 0.2) is 48.5 Å². The first kappa shape index (κ1) is 19.0. The lowest BCUT2D eigenvalue weighted by Gasteiger charge is -2.12. The van der Waals surface area contributed by atoms with Crippen LogP contribution in [-0.2, 0) is 22.6 Å². The maximum absolute atomic E-state index is 12.2. The normalized spacial score (nSPS) is 14.1. The molecule has 1 aliphatic carbocycles. The second-order valence-electron chi connectivity index (χ2n) is 7.08. The zero-order valence-electron chi connectivity index (χ0n) is 15.4. The number of hydrogen-bond acceptors (Lipinski definition) is 3. The van der Waals surface area contributed by atoms with Gasteiger partial charge in [-0.3, -0.25) is 9.59 Å². The molecular weight excluding hydrogens is 340 g/mol. The predicted octanol–water partition coefficient (Wildman–Crippen LogP) is 3.77. The summed E-state index contributed by atoms with van der Waals surface area (Å²) in [5, 5.41) is 15.6. The van der Waals surface area contributed by atoms with E-state index in [-0.39, 0.29) is 23.5 Å². The molecule has 0 aromatic heterocycles. The molecule has 0 radical (unpaired) electrons. The summed E-state index contributed by atoms with van der Waals surface area (Å²) in [6.07, 6.45) is 5.01. The van der Waals surface area contributed by atoms with Crippen molar-refractivity contribution in [3.63, 3.8) is 0 Å². The van der Waals surface area contributed by atoms with Crippen LogP contribution in [0.3, 0.4) is 0 Å². The maximum atomic E-state index is 12.2. The summed E-state index contributed by atoms with van der Waals surface area (Å²) in [5.74, 6) is 0.369. The summed E-state index contributed by atoms with van der Waals surface area (Å²) in [7, 11) is 0. The van der Waals surface area contributed by atoms with Gasteiger partial charge >= 0.3 is 0 Å². The molecule has 3 N–H and O–H groups in total. The van der Waals surface area contributed by atoms with Gasteiger partial charge in [0.1, 0.15) is 5.75 Å². The van der Waals surface area contributed by atoms with Crippen LogP contribution in [-0.4, -0.2) is 16.9 Å². The predicted molar refractivity (Wildman–Crippen MR) is 105 cm³/mol. The number of aryl methyl sites for hydroxylation is 1. The fourth-order valence-corrected chi connectivity index (χ4v) is 3.45. The van der Waals surface area contributed by atoms with Gasteiger partial charge in [0, 0.05) is 24.6 Å². The van der Waals surface area contributed by atoms with Crippen LogP contribution in [0.25, 0.3) is 0 Å². The molecule has 2 aromatic carbocycles. The van der Waals surface area contributed by atoms with E-state index in [0.717, 1.165) is 42.5 Å². The molecule has 2 aromatic rings. The summed E-state index contributed by atoms with van der Waals surface area (Å²) in [4.78, 5) is 24.3. The molecule has 5 heteroatoms. The third-order valence-corrected chi connectivity index (χ3v) is 5.02. The SMILES string of the molecule is O=C(CCc1ccccc1O)NCc1cccc(NC(=O)C2CCCC2)c1. The lowest BCUT2D eigenvalue weighted by molar-refractivity contribution is -0.121. The number of carbonyl (C=O) groups is 2. The van der Waals surface area contributed by atoms with Crippen molar-refractivity contribution in [2.75, 3.05) is 5.32 Å². The molecule has 0 unspecified atom stereocenters. The lowest BCUT2D eigenvalue weighted by Crippen LogP contribution is -2.23. The Hall–Kier alpha value is -2.82. The van der Waals surface area contributed by atoms with Crippen molar-refractivity contribution < 1.29 is 14.7 Å². The molecule has 5 nitrogen and oxygen atoms in total. The highest BCUT2D eigenvalue weighted by Gasteiger charge is 2.22. The second kappa shape index (κ2) is 9.21. The van der Waals surface area contributed by atoms with Gasteiger partial charge in [-0.1, -0.05) is 43.2 Å². The monoisotopic (exact) mass is 366 g/mol. The van der Waals surface area contributed by atoms with Crippen LogP contribution in [0, 0.1) is 5.92 Å². The molecule has 142 valence electrons. The largest absolute Gasteiger partial charge is 0.508 e. The molecule has 27 heavy (non-hydrogen) atoms. The third kappa shape index (κ3) is 5.58. The number of benzene rings is 2. The van der Waals surface area contributed by atoms with Crippen molar-refractivity contribution in [3.05, 3.63) is 59.7 Å². The molecular formula is C22H26N2O3. The van der Waals surface area contributed by atoms with Crippen LogP contribution in [0.1, 0.15) is 43.2 Å². The number of hydrogen-bond donors (Lipinski definition) is 3. The van der Waals surface area contributed by atoms with Crippen molar-refractivity contribution >= 4 is 17.5 Å². The highest BCUT2D eigenvalue weighted by molar-refractivity contribution is 5.92. The first-order chi connectivity index (χ1) is 13.1. The van der Waals surface area contributed by atoms with Gasteiger partial charge in [0.2, 0.25) is 11.8 Å². The summed E-state index contributed by atoms with van der Waals surface area (Å²) < 4.78 is 0. The fourth-order valence-electron chi connectivity index (χ4n) is 3.45. The molecule has 0 bridgehead atoms. The molecule has 1 saturated carbocycles. The molecule has 1 fully saturated rings. The molecule has 0 heterocycles. The van der Waals surface area contributed by atoms with Gasteiger partial charge < -0.3 is 15.7 Å². The van der Waals surface area contributed by atoms with E-state index >= 15 is 0 Å². The van der Waals surface area contributed by atoms with E-state index in [2.05, 4.69) is 10.6 Å². The number of rotatable bonds is 7. The Labute approximate surface area is 159 Å². The first-order valence-electron chi connectivity index (χ1n) is 9.55. The Morgan fingerprint density at radius 2 is 1.81 bits per heavy atom. The van der Waals surface area contributed by atoms with E-state index < -0.39 is 0 Å². The fraction of sp³-hybridized carbons (Fsp3) is 0.364. The van der Waals surface area contributed by atoms with Crippen LogP contribution in [0.2, 0.25) is 0 Å². The number of phenolic OH excluding ortho intramolecular Hbond substituents is 1. The van der Waals surface area contributed by atoms with Crippen LogP contribution < -0.4 is 10.6 Å². The van der Waals surface area contributed by atoms with Gasteiger partial charge in [-0.25, -0.2) is 0 Å². The van der Waals surface area contributed by atoms with Gasteiger partial charge in [0.25, 0.3) is 0 Å². The quantitative estimate of drug-likeness (QED) is 0.698. The van der Waals surface area contributed by atoms with Gasteiger partial charge in [-0.2, -0.15) is 0 Å². The standard InChI is InChI=1S/C22H26N2O3/c25-20-11-4-3-7-17(20)12-13-21(26)23-15-16-6-5-10-19(14-16)24-22(27)18-8-1-2-9-18/h3-7,10-11,14,18,25H,1-2,8-9,12-13,15H2,(H,23,26)(H,24,27). The number of para-hydroxylation sites is 1. The molecule has 0 spiro atoms. The van der Waals surface area contributed by atoms with E-state index in [1.807, 2.05) is 36.4 Å². The number of nitrogens with one attached hydrogen (secondary N) is 2. The molecule has 0 aliphatic heterocycles. The van der Waals surface area contributed by atoms with Crippen LogP contribution in [0.5, 0.6) is 5.75 Å². The van der Waals surface area contributed by atoms with Crippen molar-refractivity contribution in [3.8, 4) is 5.75 Å². The average Bonchev–Trinajstić information content (AvgIpc) is 3.21. The molecule has 3 rings (SSSR count). The zero-order chi connectivity index (χ0) is 19.1. The minimum Gasteiger partial charge on any atom is -0.508 e. The number of phenols is 1. The number of carbonyl (C=O) groups excluding carboxylic acids is 2. The Kier molecular flexibility index (Phi) is 6.47. The Morgan fingerprint density at radius 3 is 2.59 bits per heavy atom. The van der Waals surface area contributed by atoms with E-state index in [1.165, 1.54) is 0 Å². The Balaban J connectivity index is 1.47. The Bertz CT molecular complexity index is 798. The van der Waals surface area contributed by atoms with Crippen molar-refractivity contribution in [1.82, 2.24) is 5.32 Å². The van der Waals surface area contributed by atoms with Crippen molar-refractivity contribution in [1.29, 1.82) is 0 Å². The van der Waals surface area contributed by atoms with Gasteiger partial charge in [-0.15, -0.1) is 0 Å². The van der Waals surface area contributed by atoms with E-state index in [1.54, 1.807) is 12.1 Å². The summed E-state index contributed by atoms with van der Waals surface area (Å²) in [5.41, 5.74) is 2.48. The lowest BCUT2D eigenvalue weighted by atomic mass is 10.1. The topological polar surface area (TPSA) is 78.4 Å². The summed E-state index contributed by atoms with van der Waals surface area (Å²) >= 11 is 0. The van der Waals surface area contributed by atoms with Gasteiger partial charge in [0.15, 0.2) is 0 Å². The zero-order valence-corrected chi connectivity index (χ0v) is 15.4. The Morgan fingerprint density at radius 1 is 1.04 bits per heavy atom. The first-order valence-corrected chi connectivity index (χ1v) is 9.55. The highest BCUT2D eigenvalue weighted by Crippen LogP contribution is 2.26. The van der Waals surface area contributed by atoms with E-state index in [4.69, 9.17) is 0 Å². The highest BCUT2D eigenvalue weighted by atomic mass is 16.3. The molecule has 0 saturated heterocycles.